The molecule has 1 rings (SSSR count). The lowest BCUT2D eigenvalue weighted by molar-refractivity contribution is 0.308. The van der Waals surface area contributed by atoms with Crippen molar-refractivity contribution in [2.75, 3.05) is 5.88 Å². The van der Waals surface area contributed by atoms with E-state index in [1.165, 1.54) is 5.57 Å². The first-order valence-electron chi connectivity index (χ1n) is 4.59. The summed E-state index contributed by atoms with van der Waals surface area (Å²) in [6, 6.07) is 0. The molecule has 0 saturated heterocycles. The highest BCUT2D eigenvalue weighted by Crippen LogP contribution is 2.47. The molecule has 0 nitrogen and oxygen atoms in total. The van der Waals surface area contributed by atoms with Gasteiger partial charge in [0.2, 0.25) is 0 Å². The van der Waals surface area contributed by atoms with Gasteiger partial charge in [-0.15, -0.1) is 34.8 Å². The maximum absolute atomic E-state index is 6.40. The van der Waals surface area contributed by atoms with Gasteiger partial charge in [0.15, 0.2) is 0 Å². The van der Waals surface area contributed by atoms with Crippen LogP contribution in [0.1, 0.15) is 20.3 Å². The second-order valence-electron chi connectivity index (χ2n) is 4.21. The molecule has 1 aliphatic rings. The Morgan fingerprint density at radius 3 is 2.57 bits per heavy atom. The van der Waals surface area contributed by atoms with Crippen LogP contribution in [-0.2, 0) is 0 Å². The molecule has 0 bridgehead atoms. The van der Waals surface area contributed by atoms with Gasteiger partial charge in [0.05, 0.1) is 5.38 Å². The van der Waals surface area contributed by atoms with Gasteiger partial charge >= 0.3 is 0 Å². The second-order valence-corrected chi connectivity index (χ2v) is 6.59. The van der Waals surface area contributed by atoms with Crippen LogP contribution in [0.15, 0.2) is 11.6 Å². The van der Waals surface area contributed by atoms with Crippen LogP contribution in [0.25, 0.3) is 0 Å². The number of hydrogen-bond acceptors (Lipinski definition) is 0. The molecule has 0 N–H and O–H groups in total. The van der Waals surface area contributed by atoms with Crippen LogP contribution < -0.4 is 0 Å². The number of hydrogen-bond donors (Lipinski definition) is 0. The number of allylic oxidation sites excluding steroid dienone is 2. The molecule has 1 fully saturated rings. The van der Waals surface area contributed by atoms with Gasteiger partial charge < -0.3 is 0 Å². The zero-order valence-electron chi connectivity index (χ0n) is 8.24. The van der Waals surface area contributed by atoms with E-state index in [1.807, 2.05) is 6.08 Å². The summed E-state index contributed by atoms with van der Waals surface area (Å²) in [6.45, 7) is 4.20. The molecule has 0 aliphatic heterocycles. The van der Waals surface area contributed by atoms with E-state index in [0.717, 1.165) is 6.42 Å². The molecule has 82 valence electrons. The van der Waals surface area contributed by atoms with Crippen molar-refractivity contribution in [1.82, 2.24) is 0 Å². The molecule has 14 heavy (non-hydrogen) atoms. The van der Waals surface area contributed by atoms with E-state index >= 15 is 0 Å². The van der Waals surface area contributed by atoms with Crippen LogP contribution >= 0.6 is 50.7 Å². The fraction of sp³-hybridized carbons (Fsp3) is 0.800. The van der Waals surface area contributed by atoms with Crippen LogP contribution in [0.2, 0.25) is 0 Å². The normalized spacial score (nSPS) is 40.1. The van der Waals surface area contributed by atoms with Gasteiger partial charge in [0.1, 0.15) is 0 Å². The molecule has 3 atom stereocenters. The molecular weight excluding hydrogens is 306 g/mol. The highest BCUT2D eigenvalue weighted by Gasteiger charge is 2.44. The number of rotatable bonds is 1. The van der Waals surface area contributed by atoms with Gasteiger partial charge in [-0.05, 0) is 12.0 Å². The van der Waals surface area contributed by atoms with E-state index in [1.54, 1.807) is 0 Å². The zero-order chi connectivity index (χ0) is 10.9. The first-order valence-corrected chi connectivity index (χ1v) is 6.91. The van der Waals surface area contributed by atoms with Crippen molar-refractivity contribution in [2.45, 2.75) is 35.8 Å². The first kappa shape index (κ1) is 13.2. The third-order valence-electron chi connectivity index (χ3n) is 2.84. The van der Waals surface area contributed by atoms with Crippen molar-refractivity contribution in [1.29, 1.82) is 0 Å². The van der Waals surface area contributed by atoms with Crippen molar-refractivity contribution in [3.05, 3.63) is 11.6 Å². The van der Waals surface area contributed by atoms with E-state index < -0.39 is 0 Å². The van der Waals surface area contributed by atoms with Gasteiger partial charge in [0.25, 0.3) is 0 Å². The quantitative estimate of drug-likeness (QED) is 0.491. The maximum Gasteiger partial charge on any atom is 0.0621 e. The highest BCUT2D eigenvalue weighted by atomic mass is 79.9. The molecule has 0 radical (unpaired) electrons. The van der Waals surface area contributed by atoms with Gasteiger partial charge in [-0.1, -0.05) is 35.9 Å². The Hall–Kier alpha value is 1.09. The summed E-state index contributed by atoms with van der Waals surface area (Å²) in [5.74, 6) is 0.504. The van der Waals surface area contributed by atoms with Crippen LogP contribution in [0, 0.1) is 5.41 Å². The molecule has 0 amide bonds. The minimum atomic E-state index is -0.0781. The molecule has 1 saturated carbocycles. The van der Waals surface area contributed by atoms with E-state index in [-0.39, 0.29) is 21.0 Å². The van der Waals surface area contributed by atoms with Gasteiger partial charge in [0, 0.05) is 21.5 Å². The molecule has 0 spiro atoms. The zero-order valence-corrected chi connectivity index (χ0v) is 12.1. The fourth-order valence-electron chi connectivity index (χ4n) is 1.69. The molecule has 0 aromatic heterocycles. The Kier molecular flexibility index (Phi) is 4.65. The van der Waals surface area contributed by atoms with Crippen LogP contribution in [0.3, 0.4) is 0 Å². The summed E-state index contributed by atoms with van der Waals surface area (Å²) < 4.78 is 0. The number of alkyl halides is 4. The average Bonchev–Trinajstić information content (AvgIpc) is 2.10. The molecule has 0 unspecified atom stereocenters. The fourth-order valence-corrected chi connectivity index (χ4v) is 3.82. The lowest BCUT2D eigenvalue weighted by Crippen LogP contribution is -2.43. The highest BCUT2D eigenvalue weighted by molar-refractivity contribution is 9.09. The van der Waals surface area contributed by atoms with Crippen molar-refractivity contribution >= 4 is 50.7 Å². The average molecular weight is 320 g/mol. The van der Waals surface area contributed by atoms with Gasteiger partial charge in [-0.3, -0.25) is 0 Å². The molecule has 0 aromatic rings. The Morgan fingerprint density at radius 1 is 1.50 bits per heavy atom. The van der Waals surface area contributed by atoms with Crippen molar-refractivity contribution in [2.24, 2.45) is 5.41 Å². The summed E-state index contributed by atoms with van der Waals surface area (Å²) in [5.41, 5.74) is 1.09. The molecule has 1 aliphatic carbocycles. The Bertz CT molecular complexity index is 238. The van der Waals surface area contributed by atoms with Crippen molar-refractivity contribution < 1.29 is 0 Å². The predicted molar refractivity (Wildman–Crippen MR) is 69.2 cm³/mol. The third kappa shape index (κ3) is 2.42. The van der Waals surface area contributed by atoms with E-state index in [0.29, 0.717) is 5.88 Å². The van der Waals surface area contributed by atoms with E-state index in [4.69, 9.17) is 34.8 Å². The molecule has 0 aromatic carbocycles. The van der Waals surface area contributed by atoms with Crippen molar-refractivity contribution in [3.8, 4) is 0 Å². The third-order valence-corrected chi connectivity index (χ3v) is 5.45. The predicted octanol–water partition coefficient (Wildman–Crippen LogP) is 4.56. The lowest BCUT2D eigenvalue weighted by Gasteiger charge is -2.43. The van der Waals surface area contributed by atoms with Crippen LogP contribution in [-0.4, -0.2) is 21.5 Å². The molecule has 0 heterocycles. The minimum absolute atomic E-state index is 0.0399. The van der Waals surface area contributed by atoms with E-state index in [9.17, 15) is 0 Å². The van der Waals surface area contributed by atoms with Crippen LogP contribution in [0.4, 0.5) is 0 Å². The lowest BCUT2D eigenvalue weighted by atomic mass is 9.74. The SMILES string of the molecule is CC1(C)[C@H](Cl)C[C@H](Br)/C(=C\CCl)[C@@H]1Cl. The topological polar surface area (TPSA) is 0 Å². The number of halogens is 4. The van der Waals surface area contributed by atoms with E-state index in [2.05, 4.69) is 29.8 Å². The standard InChI is InChI=1S/C10H14BrCl3/c1-10(2)8(13)5-7(11)6(3-4-12)9(10)14/h3,7-9H,4-5H2,1-2H3/b6-3+/t7-,8+,9-/m0/s1. The summed E-state index contributed by atoms with van der Waals surface area (Å²) in [7, 11) is 0. The first-order chi connectivity index (χ1) is 6.41. The summed E-state index contributed by atoms with van der Waals surface area (Å²) in [4.78, 5) is 0.263. The Labute approximate surface area is 109 Å². The largest absolute Gasteiger partial charge is 0.122 e. The van der Waals surface area contributed by atoms with Crippen molar-refractivity contribution in [3.63, 3.8) is 0 Å². The smallest absolute Gasteiger partial charge is 0.0621 e. The monoisotopic (exact) mass is 318 g/mol. The summed E-state index contributed by atoms with van der Waals surface area (Å²) in [6.07, 6.45) is 2.89. The van der Waals surface area contributed by atoms with Gasteiger partial charge in [-0.25, -0.2) is 0 Å². The summed E-state index contributed by atoms with van der Waals surface area (Å²) >= 11 is 22.0. The summed E-state index contributed by atoms with van der Waals surface area (Å²) in [5, 5.41) is 0.0590. The molecule has 4 heteroatoms. The minimum Gasteiger partial charge on any atom is -0.122 e. The maximum atomic E-state index is 6.40. The Morgan fingerprint density at radius 2 is 2.07 bits per heavy atom. The Balaban J connectivity index is 2.95. The van der Waals surface area contributed by atoms with Gasteiger partial charge in [-0.2, -0.15) is 0 Å². The molecular formula is C10H14BrCl3. The second kappa shape index (κ2) is 4.95. The van der Waals surface area contributed by atoms with Crippen LogP contribution in [0.5, 0.6) is 0 Å².